The first kappa shape index (κ1) is 10.7. The van der Waals surface area contributed by atoms with Gasteiger partial charge in [-0.3, -0.25) is 4.79 Å². The molecule has 2 aromatic rings. The summed E-state index contributed by atoms with van der Waals surface area (Å²) < 4.78 is 0. The van der Waals surface area contributed by atoms with Crippen LogP contribution in [-0.4, -0.2) is 20.9 Å². The third-order valence-corrected chi connectivity index (χ3v) is 1.96. The zero-order valence-corrected chi connectivity index (χ0v) is 8.66. The molecule has 0 fully saturated rings. The summed E-state index contributed by atoms with van der Waals surface area (Å²) in [6.07, 6.45) is 4.27. The summed E-state index contributed by atoms with van der Waals surface area (Å²) in [5.74, 6) is 0.0583. The normalized spacial score (nSPS) is 9.35. The van der Waals surface area contributed by atoms with Crippen LogP contribution in [0, 0.1) is 11.3 Å². The van der Waals surface area contributed by atoms with Crippen molar-refractivity contribution in [1.82, 2.24) is 15.0 Å². The molecule has 0 radical (unpaired) electrons. The van der Waals surface area contributed by atoms with Gasteiger partial charge in [0, 0.05) is 18.0 Å². The predicted molar refractivity (Wildman–Crippen MR) is 58.9 cm³/mol. The maximum Gasteiger partial charge on any atom is 0.256 e. The molecule has 2 heterocycles. The quantitative estimate of drug-likeness (QED) is 0.822. The van der Waals surface area contributed by atoms with E-state index in [1.807, 2.05) is 6.07 Å². The zero-order valence-electron chi connectivity index (χ0n) is 8.66. The lowest BCUT2D eigenvalue weighted by atomic mass is 10.2. The fourth-order valence-electron chi connectivity index (χ4n) is 1.19. The van der Waals surface area contributed by atoms with Crippen molar-refractivity contribution in [2.45, 2.75) is 0 Å². The average molecular weight is 225 g/mol. The number of nitrogens with one attached hydrogen (secondary N) is 1. The lowest BCUT2D eigenvalue weighted by Gasteiger charge is -2.03. The molecule has 1 N–H and O–H groups in total. The lowest BCUT2D eigenvalue weighted by molar-refractivity contribution is 0.102. The van der Waals surface area contributed by atoms with Crippen LogP contribution in [0.25, 0.3) is 0 Å². The maximum atomic E-state index is 11.8. The highest BCUT2D eigenvalue weighted by molar-refractivity contribution is 6.03. The van der Waals surface area contributed by atoms with Crippen LogP contribution in [0.4, 0.5) is 5.82 Å². The van der Waals surface area contributed by atoms with E-state index in [1.54, 1.807) is 6.07 Å². The molecule has 0 aliphatic heterocycles. The van der Waals surface area contributed by atoms with Crippen molar-refractivity contribution in [2.24, 2.45) is 0 Å². The van der Waals surface area contributed by atoms with Gasteiger partial charge in [0.2, 0.25) is 0 Å². The minimum Gasteiger partial charge on any atom is -0.306 e. The third-order valence-electron chi connectivity index (χ3n) is 1.96. The minimum absolute atomic E-state index is 0.195. The fourth-order valence-corrected chi connectivity index (χ4v) is 1.19. The molecule has 0 bridgehead atoms. The molecule has 0 spiro atoms. The SMILES string of the molecule is N#Cc1cc(C(=O)Nc2ccncn2)ccn1. The van der Waals surface area contributed by atoms with Crippen molar-refractivity contribution in [1.29, 1.82) is 5.26 Å². The average Bonchev–Trinajstić information content (AvgIpc) is 2.40. The Balaban J connectivity index is 2.18. The number of nitriles is 1. The summed E-state index contributed by atoms with van der Waals surface area (Å²) >= 11 is 0. The molecule has 17 heavy (non-hydrogen) atoms. The second-order valence-electron chi connectivity index (χ2n) is 3.09. The van der Waals surface area contributed by atoms with E-state index in [1.165, 1.54) is 30.9 Å². The van der Waals surface area contributed by atoms with E-state index in [9.17, 15) is 4.79 Å². The van der Waals surface area contributed by atoms with E-state index in [0.717, 1.165) is 0 Å². The summed E-state index contributed by atoms with van der Waals surface area (Å²) in [5, 5.41) is 11.3. The van der Waals surface area contributed by atoms with Gasteiger partial charge in [0.1, 0.15) is 23.9 Å². The van der Waals surface area contributed by atoms with E-state index in [2.05, 4.69) is 20.3 Å². The van der Waals surface area contributed by atoms with E-state index >= 15 is 0 Å². The maximum absolute atomic E-state index is 11.8. The third kappa shape index (κ3) is 2.60. The summed E-state index contributed by atoms with van der Waals surface area (Å²) in [7, 11) is 0. The van der Waals surface area contributed by atoms with Gasteiger partial charge in [0.25, 0.3) is 5.91 Å². The monoisotopic (exact) mass is 225 g/mol. The molecule has 0 atom stereocenters. The summed E-state index contributed by atoms with van der Waals surface area (Å²) in [4.78, 5) is 23.2. The molecule has 6 heteroatoms. The van der Waals surface area contributed by atoms with E-state index in [0.29, 0.717) is 11.4 Å². The number of carbonyl (C=O) groups is 1. The molecule has 0 saturated heterocycles. The molecule has 0 aromatic carbocycles. The standard InChI is InChI=1S/C11H7N5O/c12-6-9-5-8(1-4-14-9)11(17)16-10-2-3-13-7-15-10/h1-5,7H,(H,13,15,16,17). The van der Waals surface area contributed by atoms with Gasteiger partial charge >= 0.3 is 0 Å². The molecule has 6 nitrogen and oxygen atoms in total. The van der Waals surface area contributed by atoms with Gasteiger partial charge in [-0.15, -0.1) is 0 Å². The number of amides is 1. The Bertz CT molecular complexity index is 576. The first-order valence-electron chi connectivity index (χ1n) is 4.73. The van der Waals surface area contributed by atoms with Crippen LogP contribution < -0.4 is 5.32 Å². The van der Waals surface area contributed by atoms with Crippen LogP contribution >= 0.6 is 0 Å². The van der Waals surface area contributed by atoms with Crippen molar-refractivity contribution < 1.29 is 4.79 Å². The van der Waals surface area contributed by atoms with Crippen LogP contribution in [0.5, 0.6) is 0 Å². The van der Waals surface area contributed by atoms with Gasteiger partial charge in [-0.25, -0.2) is 15.0 Å². The van der Waals surface area contributed by atoms with E-state index < -0.39 is 0 Å². The van der Waals surface area contributed by atoms with Gasteiger partial charge in [0.15, 0.2) is 0 Å². The molecule has 0 unspecified atom stereocenters. The van der Waals surface area contributed by atoms with Gasteiger partial charge in [-0.1, -0.05) is 0 Å². The van der Waals surface area contributed by atoms with Gasteiger partial charge < -0.3 is 5.32 Å². The molecule has 82 valence electrons. The predicted octanol–water partition coefficient (Wildman–Crippen LogP) is 0.996. The number of hydrogen-bond acceptors (Lipinski definition) is 5. The highest BCUT2D eigenvalue weighted by Crippen LogP contribution is 2.05. The molecule has 0 saturated carbocycles. The molecule has 2 aromatic heterocycles. The lowest BCUT2D eigenvalue weighted by Crippen LogP contribution is -2.13. The van der Waals surface area contributed by atoms with Crippen LogP contribution in [0.15, 0.2) is 36.9 Å². The summed E-state index contributed by atoms with van der Waals surface area (Å²) in [6, 6.07) is 6.38. The number of nitrogens with zero attached hydrogens (tertiary/aromatic N) is 4. The first-order valence-corrected chi connectivity index (χ1v) is 4.73. The molecule has 1 amide bonds. The number of rotatable bonds is 2. The first-order chi connectivity index (χ1) is 8.29. The number of pyridine rings is 1. The molecular weight excluding hydrogens is 218 g/mol. The Kier molecular flexibility index (Phi) is 3.03. The molecule has 0 aliphatic rings. The highest BCUT2D eigenvalue weighted by Gasteiger charge is 2.07. The number of carbonyl (C=O) groups excluding carboxylic acids is 1. The number of aromatic nitrogens is 3. The summed E-state index contributed by atoms with van der Waals surface area (Å²) in [5.41, 5.74) is 0.551. The van der Waals surface area contributed by atoms with Crippen molar-refractivity contribution >= 4 is 11.7 Å². The van der Waals surface area contributed by atoms with Crippen LogP contribution in [0.2, 0.25) is 0 Å². The molecule has 2 rings (SSSR count). The fraction of sp³-hybridized carbons (Fsp3) is 0. The Labute approximate surface area is 97.0 Å². The van der Waals surface area contributed by atoms with Crippen LogP contribution in [0.1, 0.15) is 16.1 Å². The number of hydrogen-bond donors (Lipinski definition) is 1. The Hall–Kier alpha value is -2.81. The topological polar surface area (TPSA) is 91.6 Å². The minimum atomic E-state index is -0.345. The van der Waals surface area contributed by atoms with Crippen molar-refractivity contribution in [3.8, 4) is 6.07 Å². The van der Waals surface area contributed by atoms with Crippen LogP contribution in [0.3, 0.4) is 0 Å². The van der Waals surface area contributed by atoms with Crippen molar-refractivity contribution in [2.75, 3.05) is 5.32 Å². The highest BCUT2D eigenvalue weighted by atomic mass is 16.1. The van der Waals surface area contributed by atoms with Gasteiger partial charge in [-0.05, 0) is 18.2 Å². The molecular formula is C11H7N5O. The smallest absolute Gasteiger partial charge is 0.256 e. The Morgan fingerprint density at radius 2 is 2.18 bits per heavy atom. The second-order valence-corrected chi connectivity index (χ2v) is 3.09. The van der Waals surface area contributed by atoms with E-state index in [4.69, 9.17) is 5.26 Å². The summed E-state index contributed by atoms with van der Waals surface area (Å²) in [6.45, 7) is 0. The number of anilines is 1. The van der Waals surface area contributed by atoms with E-state index in [-0.39, 0.29) is 11.6 Å². The van der Waals surface area contributed by atoms with Crippen molar-refractivity contribution in [3.05, 3.63) is 48.2 Å². The zero-order chi connectivity index (χ0) is 12.1. The Morgan fingerprint density at radius 3 is 2.88 bits per heavy atom. The second kappa shape index (κ2) is 4.81. The van der Waals surface area contributed by atoms with Gasteiger partial charge in [0.05, 0.1) is 0 Å². The van der Waals surface area contributed by atoms with Crippen LogP contribution in [-0.2, 0) is 0 Å². The largest absolute Gasteiger partial charge is 0.306 e. The Morgan fingerprint density at radius 1 is 1.29 bits per heavy atom. The molecule has 0 aliphatic carbocycles. The van der Waals surface area contributed by atoms with Crippen molar-refractivity contribution in [3.63, 3.8) is 0 Å². The van der Waals surface area contributed by atoms with Gasteiger partial charge in [-0.2, -0.15) is 5.26 Å².